The second kappa shape index (κ2) is 17.5. The minimum absolute atomic E-state index is 0.0779. The van der Waals surface area contributed by atoms with Crippen molar-refractivity contribution in [3.8, 4) is 34.5 Å². The van der Waals surface area contributed by atoms with Crippen LogP contribution in [0.4, 0.5) is 10.1 Å². The van der Waals surface area contributed by atoms with E-state index in [0.717, 1.165) is 0 Å². The Kier molecular flexibility index (Phi) is 13.2. The van der Waals surface area contributed by atoms with Crippen LogP contribution in [-0.4, -0.2) is 59.1 Å². The van der Waals surface area contributed by atoms with Gasteiger partial charge in [-0.1, -0.05) is 30.3 Å². The third-order valence-corrected chi connectivity index (χ3v) is 6.81. The van der Waals surface area contributed by atoms with Gasteiger partial charge < -0.3 is 28.4 Å². The molecule has 12 heteroatoms. The molecule has 0 N–H and O–H groups in total. The van der Waals surface area contributed by atoms with E-state index in [1.54, 1.807) is 60.7 Å². The van der Waals surface area contributed by atoms with Gasteiger partial charge in [-0.3, -0.25) is 19.7 Å². The molecule has 4 aromatic rings. The molecule has 0 saturated heterocycles. The molecule has 0 aromatic heterocycles. The first kappa shape index (κ1) is 36.3. The Bertz CT molecular complexity index is 1830. The van der Waals surface area contributed by atoms with Gasteiger partial charge >= 0.3 is 0 Å². The van der Waals surface area contributed by atoms with Crippen LogP contribution in [0.15, 0.2) is 84.9 Å². The number of halogens is 1. The molecule has 0 radical (unpaired) electrons. The summed E-state index contributed by atoms with van der Waals surface area (Å²) in [4.78, 5) is 35.4. The number of carbonyl (C=O) groups excluding carboxylic acids is 2. The number of para-hydroxylation sites is 1. The Labute approximate surface area is 276 Å². The molecule has 0 heterocycles. The number of carbonyl (C=O) groups is 2. The van der Waals surface area contributed by atoms with Gasteiger partial charge in [0.2, 0.25) is 11.5 Å². The lowest BCUT2D eigenvalue weighted by atomic mass is 10.1. The Balaban J connectivity index is 0.000000261. The summed E-state index contributed by atoms with van der Waals surface area (Å²) in [6.07, 6.45) is 5.37. The molecule has 0 aliphatic carbocycles. The fourth-order valence-electron chi connectivity index (χ4n) is 4.51. The number of nitro groups is 1. The molecule has 11 nitrogen and oxygen atoms in total. The zero-order valence-electron chi connectivity index (χ0n) is 27.1. The fourth-order valence-corrected chi connectivity index (χ4v) is 4.51. The van der Waals surface area contributed by atoms with Crippen LogP contribution in [0, 0.1) is 15.9 Å². The minimum atomic E-state index is -0.499. The number of methoxy groups -OCH3 is 6. The summed E-state index contributed by atoms with van der Waals surface area (Å²) in [5, 5.41) is 11.0. The molecule has 0 aliphatic heterocycles. The van der Waals surface area contributed by atoms with Gasteiger partial charge in [0.15, 0.2) is 34.6 Å². The summed E-state index contributed by atoms with van der Waals surface area (Å²) < 4.78 is 45.0. The van der Waals surface area contributed by atoms with Gasteiger partial charge in [0.1, 0.15) is 5.82 Å². The summed E-state index contributed by atoms with van der Waals surface area (Å²) in [6.45, 7) is 0. The van der Waals surface area contributed by atoms with Crippen LogP contribution in [0.25, 0.3) is 12.2 Å². The largest absolute Gasteiger partial charge is 0.493 e. The van der Waals surface area contributed by atoms with E-state index in [0.29, 0.717) is 39.7 Å². The highest BCUT2D eigenvalue weighted by Gasteiger charge is 2.21. The molecule has 0 saturated carbocycles. The first-order valence-corrected chi connectivity index (χ1v) is 14.2. The van der Waals surface area contributed by atoms with E-state index in [1.165, 1.54) is 79.1 Å². The zero-order chi connectivity index (χ0) is 35.2. The predicted molar refractivity (Wildman–Crippen MR) is 178 cm³/mol. The van der Waals surface area contributed by atoms with Crippen molar-refractivity contribution in [2.75, 3.05) is 42.7 Å². The van der Waals surface area contributed by atoms with Gasteiger partial charge in [-0.25, -0.2) is 4.39 Å². The smallest absolute Gasteiger partial charge is 0.276 e. The number of ketones is 2. The molecule has 4 rings (SSSR count). The molecular formula is C36H34FNO10. The third kappa shape index (κ3) is 8.55. The average molecular weight is 660 g/mol. The average Bonchev–Trinajstić information content (AvgIpc) is 3.12. The van der Waals surface area contributed by atoms with Crippen molar-refractivity contribution < 1.29 is 47.3 Å². The number of nitro benzene ring substituents is 1. The lowest BCUT2D eigenvalue weighted by molar-refractivity contribution is -0.385. The number of hydrogen-bond acceptors (Lipinski definition) is 10. The topological polar surface area (TPSA) is 133 Å². The second-order valence-corrected chi connectivity index (χ2v) is 9.50. The Morgan fingerprint density at radius 2 is 1.00 bits per heavy atom. The molecule has 0 spiro atoms. The number of benzene rings is 4. The van der Waals surface area contributed by atoms with Gasteiger partial charge in [-0.2, -0.15) is 0 Å². The summed E-state index contributed by atoms with van der Waals surface area (Å²) in [5.41, 5.74) is 1.15. The van der Waals surface area contributed by atoms with Crippen LogP contribution in [0.1, 0.15) is 31.8 Å². The maximum atomic E-state index is 13.6. The highest BCUT2D eigenvalue weighted by molar-refractivity contribution is 6.10. The third-order valence-electron chi connectivity index (χ3n) is 6.81. The quantitative estimate of drug-likeness (QED) is 0.0625. The predicted octanol–water partition coefficient (Wildman–Crippen LogP) is 7.26. The lowest BCUT2D eigenvalue weighted by Crippen LogP contribution is -2.03. The van der Waals surface area contributed by atoms with E-state index in [2.05, 4.69) is 0 Å². The second-order valence-electron chi connectivity index (χ2n) is 9.50. The maximum absolute atomic E-state index is 13.6. The molecular weight excluding hydrogens is 625 g/mol. The summed E-state index contributed by atoms with van der Waals surface area (Å²) in [6, 6.07) is 18.7. The van der Waals surface area contributed by atoms with Gasteiger partial charge in [-0.15, -0.1) is 0 Å². The molecule has 250 valence electrons. The molecule has 0 unspecified atom stereocenters. The van der Waals surface area contributed by atoms with Crippen molar-refractivity contribution >= 4 is 29.4 Å². The Morgan fingerprint density at radius 3 is 1.42 bits per heavy atom. The van der Waals surface area contributed by atoms with Gasteiger partial charge in [-0.05, 0) is 60.7 Å². The lowest BCUT2D eigenvalue weighted by Gasteiger charge is -2.14. The van der Waals surface area contributed by atoms with Gasteiger partial charge in [0, 0.05) is 11.6 Å². The van der Waals surface area contributed by atoms with E-state index < -0.39 is 10.7 Å². The maximum Gasteiger partial charge on any atom is 0.276 e. The van der Waals surface area contributed by atoms with Crippen molar-refractivity contribution in [3.05, 3.63) is 123 Å². The molecule has 48 heavy (non-hydrogen) atoms. The van der Waals surface area contributed by atoms with E-state index in [9.17, 15) is 24.1 Å². The number of hydrogen-bond donors (Lipinski definition) is 0. The summed E-state index contributed by atoms with van der Waals surface area (Å²) in [5.74, 6) is 0.930. The van der Waals surface area contributed by atoms with Gasteiger partial charge in [0.25, 0.3) is 5.69 Å². The standard InChI is InChI=1S/C18H17FO4.C18H17NO6/c1-21-16-11-9-13(17(22-2)18(16)23-3)15(20)10-8-12-6-4-5-7-14(12)19;1-23-16-11-9-13(17(24-2)18(16)25-3)15(20)10-8-12-6-4-5-7-14(12)19(21)22/h4-11H,1-3H3;4-11H,1-3H3/b2*10-8+. The van der Waals surface area contributed by atoms with Crippen LogP contribution in [0.3, 0.4) is 0 Å². The number of nitrogens with zero attached hydrogens (tertiary/aromatic N) is 1. The van der Waals surface area contributed by atoms with Crippen molar-refractivity contribution in [1.29, 1.82) is 0 Å². The van der Waals surface area contributed by atoms with E-state index in [1.807, 2.05) is 0 Å². The highest BCUT2D eigenvalue weighted by atomic mass is 19.1. The number of rotatable bonds is 13. The van der Waals surface area contributed by atoms with Crippen molar-refractivity contribution in [1.82, 2.24) is 0 Å². The van der Waals surface area contributed by atoms with Crippen molar-refractivity contribution in [2.24, 2.45) is 0 Å². The first-order chi connectivity index (χ1) is 23.1. The zero-order valence-corrected chi connectivity index (χ0v) is 27.1. The molecule has 0 fully saturated rings. The van der Waals surface area contributed by atoms with Crippen molar-refractivity contribution in [2.45, 2.75) is 0 Å². The number of allylic oxidation sites excluding steroid dienone is 2. The SMILES string of the molecule is COc1ccc(C(=O)/C=C/c2ccccc2F)c(OC)c1OC.COc1ccc(C(=O)/C=C/c2ccccc2[N+](=O)[O-])c(OC)c1OC. The van der Waals surface area contributed by atoms with Crippen LogP contribution in [0.2, 0.25) is 0 Å². The molecule has 0 amide bonds. The van der Waals surface area contributed by atoms with Crippen LogP contribution >= 0.6 is 0 Å². The Hall–Kier alpha value is -6.17. The van der Waals surface area contributed by atoms with Crippen LogP contribution in [0.5, 0.6) is 34.5 Å². The highest BCUT2D eigenvalue weighted by Crippen LogP contribution is 2.41. The first-order valence-electron chi connectivity index (χ1n) is 14.2. The monoisotopic (exact) mass is 659 g/mol. The Morgan fingerprint density at radius 1 is 0.583 bits per heavy atom. The van der Waals surface area contributed by atoms with E-state index in [4.69, 9.17) is 28.4 Å². The van der Waals surface area contributed by atoms with Gasteiger partial charge in [0.05, 0.1) is 64.3 Å². The molecule has 0 aliphatic rings. The minimum Gasteiger partial charge on any atom is -0.493 e. The molecule has 4 aromatic carbocycles. The summed E-state index contributed by atoms with van der Waals surface area (Å²) >= 11 is 0. The summed E-state index contributed by atoms with van der Waals surface area (Å²) in [7, 11) is 8.74. The van der Waals surface area contributed by atoms with Crippen LogP contribution in [-0.2, 0) is 0 Å². The normalized spacial score (nSPS) is 10.6. The fraction of sp³-hybridized carbons (Fsp3) is 0.167. The van der Waals surface area contributed by atoms with E-state index in [-0.39, 0.29) is 34.3 Å². The van der Waals surface area contributed by atoms with Crippen molar-refractivity contribution in [3.63, 3.8) is 0 Å². The van der Waals surface area contributed by atoms with E-state index >= 15 is 0 Å². The number of ether oxygens (including phenoxy) is 6. The van der Waals surface area contributed by atoms with Crippen LogP contribution < -0.4 is 28.4 Å². The molecule has 0 bridgehead atoms. The molecule has 0 atom stereocenters.